The molecule has 0 aliphatic heterocycles. The van der Waals surface area contributed by atoms with E-state index in [0.29, 0.717) is 11.6 Å². The third kappa shape index (κ3) is 2.88. The summed E-state index contributed by atoms with van der Waals surface area (Å²) >= 11 is 5.80. The molecule has 0 atom stereocenters. The molecule has 0 bridgehead atoms. The van der Waals surface area contributed by atoms with Crippen LogP contribution in [-0.2, 0) is 6.54 Å². The van der Waals surface area contributed by atoms with Crippen LogP contribution in [0.15, 0.2) is 30.5 Å². The Hall–Kier alpha value is -2.38. The largest absolute Gasteiger partial charge is 0.332 e. The van der Waals surface area contributed by atoms with Gasteiger partial charge in [0.2, 0.25) is 0 Å². The van der Waals surface area contributed by atoms with Crippen molar-refractivity contribution in [2.75, 3.05) is 0 Å². The second kappa shape index (κ2) is 6.26. The van der Waals surface area contributed by atoms with Crippen LogP contribution in [0.3, 0.4) is 0 Å². The highest BCUT2D eigenvalue weighted by Gasteiger charge is 2.16. The number of aromatic nitrogens is 2. The number of hydrogen-bond acceptors (Lipinski definition) is 2. The van der Waals surface area contributed by atoms with Gasteiger partial charge in [0, 0.05) is 23.7 Å². The van der Waals surface area contributed by atoms with Crippen molar-refractivity contribution in [2.45, 2.75) is 27.3 Å². The smallest absolute Gasteiger partial charge is 0.143 e. The molecule has 0 radical (unpaired) electrons. The van der Waals surface area contributed by atoms with Crippen LogP contribution in [0.5, 0.6) is 0 Å². The lowest BCUT2D eigenvalue weighted by atomic mass is 10.0. The van der Waals surface area contributed by atoms with Gasteiger partial charge in [-0.05, 0) is 42.2 Å². The van der Waals surface area contributed by atoms with Gasteiger partial charge in [0.05, 0.1) is 5.02 Å². The Bertz CT molecular complexity index is 967. The summed E-state index contributed by atoms with van der Waals surface area (Å²) in [7, 11) is 0. The van der Waals surface area contributed by atoms with E-state index in [4.69, 9.17) is 11.6 Å². The summed E-state index contributed by atoms with van der Waals surface area (Å²) in [4.78, 5) is 4.48. The monoisotopic (exact) mass is 341 g/mol. The molecule has 0 unspecified atom stereocenters. The Morgan fingerprint density at radius 3 is 2.71 bits per heavy atom. The standard InChI is InChI=1S/C19H17ClFN3/c1-11(2)9-24-10-15(13-4-5-16(20)17(21)7-13)18-12(3)6-14(8-22)23-19(18)24/h4-7,10-11H,9H2,1-3H3. The molecule has 0 aliphatic rings. The van der Waals surface area contributed by atoms with Crippen molar-refractivity contribution in [2.24, 2.45) is 5.92 Å². The minimum Gasteiger partial charge on any atom is -0.332 e. The van der Waals surface area contributed by atoms with E-state index in [0.717, 1.165) is 34.3 Å². The van der Waals surface area contributed by atoms with Crippen LogP contribution in [0.25, 0.3) is 22.2 Å². The molecule has 2 aromatic heterocycles. The van der Waals surface area contributed by atoms with Gasteiger partial charge in [-0.2, -0.15) is 5.26 Å². The van der Waals surface area contributed by atoms with Crippen molar-refractivity contribution in [3.8, 4) is 17.2 Å². The highest BCUT2D eigenvalue weighted by Crippen LogP contribution is 2.34. The van der Waals surface area contributed by atoms with Gasteiger partial charge in [-0.3, -0.25) is 0 Å². The molecule has 0 aliphatic carbocycles. The average molecular weight is 342 g/mol. The molecule has 5 heteroatoms. The number of rotatable bonds is 3. The van der Waals surface area contributed by atoms with Crippen LogP contribution in [0, 0.1) is 30.0 Å². The number of pyridine rings is 1. The fourth-order valence-corrected chi connectivity index (χ4v) is 3.07. The number of nitrogens with zero attached hydrogens (tertiary/aromatic N) is 3. The van der Waals surface area contributed by atoms with E-state index in [1.54, 1.807) is 18.2 Å². The minimum atomic E-state index is -0.446. The zero-order valence-electron chi connectivity index (χ0n) is 13.8. The molecule has 0 saturated heterocycles. The first-order valence-electron chi connectivity index (χ1n) is 7.76. The normalized spacial score (nSPS) is 11.2. The van der Waals surface area contributed by atoms with Crippen molar-refractivity contribution in [1.82, 2.24) is 9.55 Å². The lowest BCUT2D eigenvalue weighted by Crippen LogP contribution is -2.04. The minimum absolute atomic E-state index is 0.103. The summed E-state index contributed by atoms with van der Waals surface area (Å²) in [6.45, 7) is 6.96. The maximum absolute atomic E-state index is 13.9. The average Bonchev–Trinajstić information content (AvgIpc) is 2.88. The Morgan fingerprint density at radius 1 is 1.33 bits per heavy atom. The zero-order valence-corrected chi connectivity index (χ0v) is 14.5. The van der Waals surface area contributed by atoms with Crippen LogP contribution in [0.2, 0.25) is 5.02 Å². The predicted octanol–water partition coefficient (Wildman–Crippen LogP) is 5.33. The molecule has 1 aromatic carbocycles. The van der Waals surface area contributed by atoms with E-state index in [1.165, 1.54) is 6.07 Å². The van der Waals surface area contributed by atoms with Gasteiger partial charge in [-0.25, -0.2) is 9.37 Å². The molecule has 0 saturated carbocycles. The van der Waals surface area contributed by atoms with E-state index < -0.39 is 5.82 Å². The maximum Gasteiger partial charge on any atom is 0.143 e. The summed E-state index contributed by atoms with van der Waals surface area (Å²) < 4.78 is 15.9. The molecule has 122 valence electrons. The predicted molar refractivity (Wildman–Crippen MR) is 94.4 cm³/mol. The van der Waals surface area contributed by atoms with Gasteiger partial charge in [0.25, 0.3) is 0 Å². The van der Waals surface area contributed by atoms with E-state index in [1.807, 2.05) is 17.7 Å². The highest BCUT2D eigenvalue weighted by molar-refractivity contribution is 6.30. The first kappa shape index (κ1) is 16.5. The van der Waals surface area contributed by atoms with Gasteiger partial charge in [-0.15, -0.1) is 0 Å². The van der Waals surface area contributed by atoms with Crippen LogP contribution < -0.4 is 0 Å². The molecular weight excluding hydrogens is 325 g/mol. The highest BCUT2D eigenvalue weighted by atomic mass is 35.5. The summed E-state index contributed by atoms with van der Waals surface area (Å²) in [5.41, 5.74) is 3.74. The Morgan fingerprint density at radius 2 is 2.08 bits per heavy atom. The van der Waals surface area contributed by atoms with Crippen molar-refractivity contribution in [1.29, 1.82) is 5.26 Å². The first-order chi connectivity index (χ1) is 11.4. The van der Waals surface area contributed by atoms with E-state index in [2.05, 4.69) is 24.9 Å². The summed E-state index contributed by atoms with van der Waals surface area (Å²) in [6.07, 6.45) is 1.98. The summed E-state index contributed by atoms with van der Waals surface area (Å²) in [5, 5.41) is 10.2. The Kier molecular flexibility index (Phi) is 4.29. The van der Waals surface area contributed by atoms with E-state index in [-0.39, 0.29) is 5.02 Å². The molecule has 0 amide bonds. The number of aryl methyl sites for hydroxylation is 1. The first-order valence-corrected chi connectivity index (χ1v) is 8.14. The third-order valence-electron chi connectivity index (χ3n) is 3.93. The van der Waals surface area contributed by atoms with Crippen LogP contribution in [-0.4, -0.2) is 9.55 Å². The quantitative estimate of drug-likeness (QED) is 0.646. The molecule has 0 N–H and O–H groups in total. The van der Waals surface area contributed by atoms with Gasteiger partial charge >= 0.3 is 0 Å². The molecule has 0 fully saturated rings. The van der Waals surface area contributed by atoms with Crippen LogP contribution >= 0.6 is 11.6 Å². The second-order valence-corrected chi connectivity index (χ2v) is 6.76. The molecular formula is C19H17ClFN3. The zero-order chi connectivity index (χ0) is 17.4. The fourth-order valence-electron chi connectivity index (χ4n) is 2.95. The second-order valence-electron chi connectivity index (χ2n) is 6.35. The number of hydrogen-bond donors (Lipinski definition) is 0. The molecule has 2 heterocycles. The van der Waals surface area contributed by atoms with Crippen LogP contribution in [0.1, 0.15) is 25.1 Å². The van der Waals surface area contributed by atoms with Gasteiger partial charge < -0.3 is 4.57 Å². The summed E-state index contributed by atoms with van der Waals surface area (Å²) in [6, 6.07) is 8.67. The molecule has 3 nitrogen and oxygen atoms in total. The van der Waals surface area contributed by atoms with Crippen molar-refractivity contribution >= 4 is 22.6 Å². The summed E-state index contributed by atoms with van der Waals surface area (Å²) in [5.74, 6) is -0.0264. The fraction of sp³-hybridized carbons (Fsp3) is 0.263. The number of nitriles is 1. The van der Waals surface area contributed by atoms with Crippen molar-refractivity contribution in [3.05, 3.63) is 52.6 Å². The molecule has 3 aromatic rings. The molecule has 0 spiro atoms. The third-order valence-corrected chi connectivity index (χ3v) is 4.24. The van der Waals surface area contributed by atoms with Crippen LogP contribution in [0.4, 0.5) is 4.39 Å². The van der Waals surface area contributed by atoms with Gasteiger partial charge in [-0.1, -0.05) is 31.5 Å². The van der Waals surface area contributed by atoms with Gasteiger partial charge in [0.1, 0.15) is 23.2 Å². The molecule has 3 rings (SSSR count). The lowest BCUT2D eigenvalue weighted by molar-refractivity contribution is 0.533. The van der Waals surface area contributed by atoms with E-state index in [9.17, 15) is 9.65 Å². The number of fused-ring (bicyclic) bond motifs is 1. The SMILES string of the molecule is Cc1cc(C#N)nc2c1c(-c1ccc(Cl)c(F)c1)cn2CC(C)C. The van der Waals surface area contributed by atoms with Gasteiger partial charge in [0.15, 0.2) is 0 Å². The number of halogens is 2. The lowest BCUT2D eigenvalue weighted by Gasteiger charge is -2.08. The number of benzene rings is 1. The van der Waals surface area contributed by atoms with Crippen molar-refractivity contribution < 1.29 is 4.39 Å². The van der Waals surface area contributed by atoms with Crippen molar-refractivity contribution in [3.63, 3.8) is 0 Å². The maximum atomic E-state index is 13.9. The topological polar surface area (TPSA) is 41.6 Å². The Labute approximate surface area is 145 Å². The molecule has 24 heavy (non-hydrogen) atoms. The van der Waals surface area contributed by atoms with E-state index >= 15 is 0 Å². The Balaban J connectivity index is 2.31.